The summed E-state index contributed by atoms with van der Waals surface area (Å²) in [5, 5.41) is 9.28. The summed E-state index contributed by atoms with van der Waals surface area (Å²) < 4.78 is 0. The number of nitrogens with zero attached hydrogens (tertiary/aromatic N) is 2. The number of aryl methyl sites for hydroxylation is 1. The molecule has 0 aliphatic carbocycles. The number of anilines is 1. The number of benzene rings is 1. The molecule has 0 saturated carbocycles. The first-order valence-electron chi connectivity index (χ1n) is 5.14. The van der Waals surface area contributed by atoms with E-state index in [-0.39, 0.29) is 5.56 Å². The quantitative estimate of drug-likeness (QED) is 0.631. The fraction of sp³-hybridized carbons (Fsp3) is 0.0833. The highest BCUT2D eigenvalue weighted by atomic mass is 32.2. The topological polar surface area (TPSA) is 95.6 Å². The van der Waals surface area contributed by atoms with E-state index in [4.69, 9.17) is 11.0 Å². The van der Waals surface area contributed by atoms with Crippen LogP contribution in [0.5, 0.6) is 0 Å². The number of rotatable bonds is 2. The lowest BCUT2D eigenvalue weighted by Crippen LogP contribution is -2.07. The zero-order valence-electron chi connectivity index (χ0n) is 9.60. The Morgan fingerprint density at radius 2 is 2.22 bits per heavy atom. The third-order valence-electron chi connectivity index (χ3n) is 2.21. The number of nitrogens with two attached hydrogens (primary N) is 1. The predicted molar refractivity (Wildman–Crippen MR) is 69.3 cm³/mol. The van der Waals surface area contributed by atoms with Crippen LogP contribution in [0.15, 0.2) is 39.1 Å². The van der Waals surface area contributed by atoms with Gasteiger partial charge in [-0.2, -0.15) is 5.26 Å². The Balaban J connectivity index is 2.32. The molecule has 6 heteroatoms. The molecule has 0 saturated heterocycles. The highest BCUT2D eigenvalue weighted by Gasteiger charge is 2.04. The van der Waals surface area contributed by atoms with Crippen LogP contribution >= 0.6 is 11.8 Å². The maximum atomic E-state index is 11.3. The first-order chi connectivity index (χ1) is 8.58. The number of hydrogen-bond acceptors (Lipinski definition) is 5. The second-order valence-electron chi connectivity index (χ2n) is 3.65. The number of H-pyrrole nitrogens is 1. The number of hydrogen-bond donors (Lipinski definition) is 2. The minimum atomic E-state index is -0.188. The van der Waals surface area contributed by atoms with E-state index in [2.05, 4.69) is 9.97 Å². The molecule has 3 N–H and O–H groups in total. The number of nitriles is 1. The average Bonchev–Trinajstić information content (AvgIpc) is 2.27. The van der Waals surface area contributed by atoms with Crippen molar-refractivity contribution >= 4 is 17.4 Å². The lowest BCUT2D eigenvalue weighted by atomic mass is 10.2. The van der Waals surface area contributed by atoms with Gasteiger partial charge in [-0.3, -0.25) is 4.79 Å². The van der Waals surface area contributed by atoms with Crippen LogP contribution in [0.2, 0.25) is 0 Å². The van der Waals surface area contributed by atoms with Crippen LogP contribution in [-0.4, -0.2) is 9.97 Å². The Labute approximate surface area is 108 Å². The van der Waals surface area contributed by atoms with Crippen molar-refractivity contribution in [2.75, 3.05) is 5.73 Å². The van der Waals surface area contributed by atoms with Crippen LogP contribution in [0, 0.1) is 18.3 Å². The van der Waals surface area contributed by atoms with E-state index < -0.39 is 0 Å². The third-order valence-corrected chi connectivity index (χ3v) is 3.08. The van der Waals surface area contributed by atoms with E-state index in [0.29, 0.717) is 22.1 Å². The molecule has 2 rings (SSSR count). The summed E-state index contributed by atoms with van der Waals surface area (Å²) >= 11 is 1.29. The van der Waals surface area contributed by atoms with Gasteiger partial charge in [-0.05, 0) is 25.1 Å². The van der Waals surface area contributed by atoms with Gasteiger partial charge in [-0.1, -0.05) is 11.8 Å². The molecule has 1 heterocycles. The van der Waals surface area contributed by atoms with Gasteiger partial charge in [0.15, 0.2) is 5.16 Å². The standard InChI is InChI=1S/C12H10N4OS/c1-7-4-11(17)16-12(15-7)18-9-3-2-8(6-13)10(14)5-9/h2-5H,14H2,1H3,(H,15,16,17). The second kappa shape index (κ2) is 4.94. The zero-order chi connectivity index (χ0) is 13.1. The van der Waals surface area contributed by atoms with Crippen molar-refractivity contribution in [3.8, 4) is 6.07 Å². The van der Waals surface area contributed by atoms with Crippen molar-refractivity contribution in [1.82, 2.24) is 9.97 Å². The number of aromatic amines is 1. The highest BCUT2D eigenvalue weighted by molar-refractivity contribution is 7.99. The number of nitrogens with one attached hydrogen (secondary N) is 1. The Morgan fingerprint density at radius 1 is 1.44 bits per heavy atom. The van der Waals surface area contributed by atoms with E-state index in [1.54, 1.807) is 25.1 Å². The van der Waals surface area contributed by atoms with E-state index >= 15 is 0 Å². The molecule has 0 spiro atoms. The molecule has 0 bridgehead atoms. The Morgan fingerprint density at radius 3 is 2.83 bits per heavy atom. The molecule has 0 amide bonds. The van der Waals surface area contributed by atoms with Gasteiger partial charge in [-0.15, -0.1) is 0 Å². The zero-order valence-corrected chi connectivity index (χ0v) is 10.4. The lowest BCUT2D eigenvalue weighted by molar-refractivity contribution is 0.905. The van der Waals surface area contributed by atoms with Crippen molar-refractivity contribution in [2.24, 2.45) is 0 Å². The number of aromatic nitrogens is 2. The molecule has 0 atom stereocenters. The maximum Gasteiger partial charge on any atom is 0.251 e. The normalized spacial score (nSPS) is 10.0. The Hall–Kier alpha value is -2.26. The van der Waals surface area contributed by atoms with Gasteiger partial charge in [0.05, 0.1) is 11.3 Å². The molecule has 0 fully saturated rings. The fourth-order valence-electron chi connectivity index (χ4n) is 1.42. The summed E-state index contributed by atoms with van der Waals surface area (Å²) in [5.74, 6) is 0. The van der Waals surface area contributed by atoms with Crippen LogP contribution in [0.4, 0.5) is 5.69 Å². The Bertz CT molecular complexity index is 687. The van der Waals surface area contributed by atoms with Crippen molar-refractivity contribution in [1.29, 1.82) is 5.26 Å². The molecular weight excluding hydrogens is 248 g/mol. The molecule has 0 aliphatic heterocycles. The van der Waals surface area contributed by atoms with Gasteiger partial charge < -0.3 is 10.7 Å². The summed E-state index contributed by atoms with van der Waals surface area (Å²) in [7, 11) is 0. The van der Waals surface area contributed by atoms with Gasteiger partial charge in [0.25, 0.3) is 5.56 Å². The third kappa shape index (κ3) is 2.70. The number of nitrogen functional groups attached to an aromatic ring is 1. The van der Waals surface area contributed by atoms with Gasteiger partial charge in [0.2, 0.25) is 0 Å². The molecular formula is C12H10N4OS. The van der Waals surface area contributed by atoms with E-state index in [1.807, 2.05) is 6.07 Å². The predicted octanol–water partition coefficient (Wildman–Crippen LogP) is 1.68. The molecule has 0 radical (unpaired) electrons. The minimum absolute atomic E-state index is 0.188. The van der Waals surface area contributed by atoms with Crippen LogP contribution in [0.3, 0.4) is 0 Å². The highest BCUT2D eigenvalue weighted by Crippen LogP contribution is 2.26. The van der Waals surface area contributed by atoms with Crippen LogP contribution in [-0.2, 0) is 0 Å². The molecule has 90 valence electrons. The molecule has 18 heavy (non-hydrogen) atoms. The van der Waals surface area contributed by atoms with Crippen molar-refractivity contribution in [2.45, 2.75) is 17.0 Å². The van der Waals surface area contributed by atoms with E-state index in [0.717, 1.165) is 4.90 Å². The smallest absolute Gasteiger partial charge is 0.251 e. The fourth-order valence-corrected chi connectivity index (χ4v) is 2.30. The molecule has 1 aromatic heterocycles. The van der Waals surface area contributed by atoms with Crippen LogP contribution in [0.1, 0.15) is 11.3 Å². The first-order valence-corrected chi connectivity index (χ1v) is 5.95. The summed E-state index contributed by atoms with van der Waals surface area (Å²) in [6.45, 7) is 1.76. The monoisotopic (exact) mass is 258 g/mol. The SMILES string of the molecule is Cc1cc(=O)[nH]c(Sc2ccc(C#N)c(N)c2)n1. The van der Waals surface area contributed by atoms with Gasteiger partial charge in [0, 0.05) is 16.7 Å². The molecule has 0 unspecified atom stereocenters. The van der Waals surface area contributed by atoms with Crippen LogP contribution < -0.4 is 11.3 Å². The summed E-state index contributed by atoms with van der Waals surface area (Å²) in [6, 6.07) is 8.52. The first kappa shape index (κ1) is 12.2. The van der Waals surface area contributed by atoms with Gasteiger partial charge in [0.1, 0.15) is 6.07 Å². The van der Waals surface area contributed by atoms with E-state index in [1.165, 1.54) is 17.8 Å². The lowest BCUT2D eigenvalue weighted by Gasteiger charge is -2.03. The maximum absolute atomic E-state index is 11.3. The average molecular weight is 258 g/mol. The van der Waals surface area contributed by atoms with Gasteiger partial charge in [-0.25, -0.2) is 4.98 Å². The summed E-state index contributed by atoms with van der Waals surface area (Å²) in [5.41, 5.74) is 7.03. The molecule has 2 aromatic rings. The molecule has 0 aliphatic rings. The van der Waals surface area contributed by atoms with Crippen molar-refractivity contribution in [3.63, 3.8) is 0 Å². The Kier molecular flexibility index (Phi) is 3.35. The van der Waals surface area contributed by atoms with E-state index in [9.17, 15) is 4.79 Å². The van der Waals surface area contributed by atoms with Crippen molar-refractivity contribution < 1.29 is 0 Å². The summed E-state index contributed by atoms with van der Waals surface area (Å²) in [6.07, 6.45) is 0. The summed E-state index contributed by atoms with van der Waals surface area (Å²) in [4.78, 5) is 18.9. The van der Waals surface area contributed by atoms with Crippen molar-refractivity contribution in [3.05, 3.63) is 45.9 Å². The molecule has 1 aromatic carbocycles. The second-order valence-corrected chi connectivity index (χ2v) is 4.72. The largest absolute Gasteiger partial charge is 0.398 e. The molecule has 5 nitrogen and oxygen atoms in total. The van der Waals surface area contributed by atoms with Gasteiger partial charge >= 0.3 is 0 Å². The minimum Gasteiger partial charge on any atom is -0.398 e. The van der Waals surface area contributed by atoms with Crippen LogP contribution in [0.25, 0.3) is 0 Å².